The van der Waals surface area contributed by atoms with Crippen LogP contribution in [0.2, 0.25) is 0 Å². The number of rotatable bonds is 3. The van der Waals surface area contributed by atoms with Gasteiger partial charge in [-0.3, -0.25) is 9.59 Å². The van der Waals surface area contributed by atoms with Gasteiger partial charge in [-0.1, -0.05) is 0 Å². The third kappa shape index (κ3) is 4.30. The number of anilines is 1. The van der Waals surface area contributed by atoms with Crippen LogP contribution in [0.3, 0.4) is 0 Å². The molecule has 0 saturated carbocycles. The molecular weight excluding hydrogens is 397 g/mol. The molecule has 2 heterocycles. The van der Waals surface area contributed by atoms with Gasteiger partial charge in [-0.15, -0.1) is 11.6 Å². The van der Waals surface area contributed by atoms with Gasteiger partial charge < -0.3 is 14.8 Å². The molecule has 28 heavy (non-hydrogen) atoms. The Kier molecular flexibility index (Phi) is 5.64. The van der Waals surface area contributed by atoms with Crippen molar-refractivity contribution in [3.05, 3.63) is 47.0 Å². The molecule has 2 amide bonds. The molecule has 1 aromatic carbocycles. The molecule has 1 aliphatic heterocycles. The highest BCUT2D eigenvalue weighted by Gasteiger charge is 2.32. The minimum Gasteiger partial charge on any atom is -0.336 e. The number of benzene rings is 1. The molecule has 2 aromatic rings. The number of nitrogens with zero attached hydrogens (tertiary/aromatic N) is 3. The Morgan fingerprint density at radius 3 is 2.64 bits per heavy atom. The first kappa shape index (κ1) is 20.2. The maximum absolute atomic E-state index is 13.2. The average Bonchev–Trinajstić information content (AvgIpc) is 2.87. The number of hydrogen-bond donors (Lipinski definition) is 1. The summed E-state index contributed by atoms with van der Waals surface area (Å²) in [7, 11) is 0. The van der Waals surface area contributed by atoms with Crippen LogP contribution in [0, 0.1) is 6.92 Å². The highest BCUT2D eigenvalue weighted by molar-refractivity contribution is 6.29. The molecular formula is C18H18ClF3N4O2. The van der Waals surface area contributed by atoms with E-state index in [0.29, 0.717) is 26.1 Å². The molecule has 0 atom stereocenters. The molecule has 0 radical (unpaired) electrons. The number of carbonyl (C=O) groups excluding carboxylic acids is 2. The van der Waals surface area contributed by atoms with Crippen molar-refractivity contribution in [2.45, 2.75) is 26.1 Å². The van der Waals surface area contributed by atoms with E-state index >= 15 is 0 Å². The second-order valence-corrected chi connectivity index (χ2v) is 6.76. The van der Waals surface area contributed by atoms with Crippen LogP contribution >= 0.6 is 11.6 Å². The minimum atomic E-state index is -4.66. The van der Waals surface area contributed by atoms with Gasteiger partial charge in [-0.25, -0.2) is 4.98 Å². The van der Waals surface area contributed by atoms with Crippen molar-refractivity contribution >= 4 is 29.1 Å². The molecule has 1 aromatic heterocycles. The second-order valence-electron chi connectivity index (χ2n) is 6.49. The quantitative estimate of drug-likeness (QED) is 0.785. The topological polar surface area (TPSA) is 67.2 Å². The Morgan fingerprint density at radius 2 is 1.96 bits per heavy atom. The van der Waals surface area contributed by atoms with E-state index in [-0.39, 0.29) is 11.3 Å². The number of alkyl halides is 4. The maximum atomic E-state index is 13.2. The molecule has 0 unspecified atom stereocenters. The summed E-state index contributed by atoms with van der Waals surface area (Å²) in [5, 5.41) is 2.28. The number of imidazole rings is 1. The first-order valence-corrected chi connectivity index (χ1v) is 9.11. The number of hydrogen-bond acceptors (Lipinski definition) is 3. The number of nitrogens with one attached hydrogen (secondary N) is 1. The van der Waals surface area contributed by atoms with E-state index in [2.05, 4.69) is 10.3 Å². The Hall–Kier alpha value is -2.55. The zero-order chi connectivity index (χ0) is 20.5. The number of carbonyl (C=O) groups is 2. The number of amides is 2. The Balaban J connectivity index is 1.88. The highest BCUT2D eigenvalue weighted by Crippen LogP contribution is 2.32. The van der Waals surface area contributed by atoms with Gasteiger partial charge in [0.15, 0.2) is 0 Å². The number of fused-ring (bicyclic) bond motifs is 1. The minimum absolute atomic E-state index is 0.123. The standard InChI is InChI=1S/C18H18ClF3N4O2/c1-11-10-23-15-2-3-25(4-5-26(11)15)17(28)12-6-13(18(20,21)22)8-14(7-12)24-16(27)9-19/h6-8,10H,2-5,9H2,1H3,(H,24,27). The lowest BCUT2D eigenvalue weighted by molar-refractivity contribution is -0.137. The summed E-state index contributed by atoms with van der Waals surface area (Å²) in [4.78, 5) is 30.2. The normalized spacial score (nSPS) is 14.4. The third-order valence-corrected chi connectivity index (χ3v) is 4.78. The SMILES string of the molecule is Cc1cnc2n1CCN(C(=O)c1cc(NC(=O)CCl)cc(C(F)(F)F)c1)CC2. The van der Waals surface area contributed by atoms with Gasteiger partial charge >= 0.3 is 6.18 Å². The van der Waals surface area contributed by atoms with Crippen LogP contribution < -0.4 is 5.32 Å². The van der Waals surface area contributed by atoms with E-state index in [4.69, 9.17) is 11.6 Å². The number of aromatic nitrogens is 2. The number of halogens is 4. The molecule has 10 heteroatoms. The van der Waals surface area contributed by atoms with E-state index < -0.39 is 29.4 Å². The third-order valence-electron chi connectivity index (χ3n) is 4.54. The molecule has 1 aliphatic rings. The Labute approximate surface area is 164 Å². The largest absolute Gasteiger partial charge is 0.416 e. The van der Waals surface area contributed by atoms with Crippen molar-refractivity contribution < 1.29 is 22.8 Å². The summed E-state index contributed by atoms with van der Waals surface area (Å²) in [6, 6.07) is 2.81. The smallest absolute Gasteiger partial charge is 0.336 e. The van der Waals surface area contributed by atoms with Crippen molar-refractivity contribution in [1.29, 1.82) is 0 Å². The van der Waals surface area contributed by atoms with Crippen molar-refractivity contribution in [2.24, 2.45) is 0 Å². The van der Waals surface area contributed by atoms with Gasteiger partial charge in [-0.05, 0) is 25.1 Å². The van der Waals surface area contributed by atoms with Crippen LogP contribution in [0.1, 0.15) is 27.4 Å². The summed E-state index contributed by atoms with van der Waals surface area (Å²) >= 11 is 5.40. The van der Waals surface area contributed by atoms with Crippen LogP contribution in [0.4, 0.5) is 18.9 Å². The van der Waals surface area contributed by atoms with Crippen molar-refractivity contribution in [3.63, 3.8) is 0 Å². The fourth-order valence-electron chi connectivity index (χ4n) is 3.15. The zero-order valence-corrected chi connectivity index (χ0v) is 15.8. The molecule has 1 N–H and O–H groups in total. The summed E-state index contributed by atoms with van der Waals surface area (Å²) < 4.78 is 41.7. The van der Waals surface area contributed by atoms with Crippen molar-refractivity contribution in [2.75, 3.05) is 24.3 Å². The number of aryl methyl sites for hydroxylation is 1. The van der Waals surface area contributed by atoms with Crippen LogP contribution in [-0.4, -0.2) is 45.2 Å². The fourth-order valence-corrected chi connectivity index (χ4v) is 3.22. The van der Waals surface area contributed by atoms with Crippen LogP contribution in [0.5, 0.6) is 0 Å². The van der Waals surface area contributed by atoms with Crippen molar-refractivity contribution in [1.82, 2.24) is 14.5 Å². The lowest BCUT2D eigenvalue weighted by Crippen LogP contribution is -2.34. The predicted octanol–water partition coefficient (Wildman–Crippen LogP) is 3.09. The summed E-state index contributed by atoms with van der Waals surface area (Å²) in [6.45, 7) is 3.12. The second kappa shape index (κ2) is 7.83. The van der Waals surface area contributed by atoms with Gasteiger partial charge in [0.1, 0.15) is 11.7 Å². The first-order chi connectivity index (χ1) is 13.2. The van der Waals surface area contributed by atoms with Gasteiger partial charge in [-0.2, -0.15) is 13.2 Å². The van der Waals surface area contributed by atoms with Crippen LogP contribution in [0.15, 0.2) is 24.4 Å². The van der Waals surface area contributed by atoms with E-state index in [1.807, 2.05) is 11.5 Å². The van der Waals surface area contributed by atoms with E-state index in [9.17, 15) is 22.8 Å². The Morgan fingerprint density at radius 1 is 1.21 bits per heavy atom. The molecule has 0 bridgehead atoms. The highest BCUT2D eigenvalue weighted by atomic mass is 35.5. The monoisotopic (exact) mass is 414 g/mol. The summed E-state index contributed by atoms with van der Waals surface area (Å²) in [5.41, 5.74) is -0.311. The van der Waals surface area contributed by atoms with Gasteiger partial charge in [0, 0.05) is 49.2 Å². The first-order valence-electron chi connectivity index (χ1n) is 8.57. The predicted molar refractivity (Wildman–Crippen MR) is 97.4 cm³/mol. The van der Waals surface area contributed by atoms with Gasteiger partial charge in [0.05, 0.1) is 5.56 Å². The van der Waals surface area contributed by atoms with Crippen molar-refractivity contribution in [3.8, 4) is 0 Å². The molecule has 0 saturated heterocycles. The molecule has 0 spiro atoms. The average molecular weight is 415 g/mol. The van der Waals surface area contributed by atoms with E-state index in [1.165, 1.54) is 11.0 Å². The molecule has 0 fully saturated rings. The summed E-state index contributed by atoms with van der Waals surface area (Å²) in [6.07, 6.45) is -2.39. The Bertz CT molecular complexity index is 911. The maximum Gasteiger partial charge on any atom is 0.416 e. The van der Waals surface area contributed by atoms with Gasteiger partial charge in [0.25, 0.3) is 5.91 Å². The fraction of sp³-hybridized carbons (Fsp3) is 0.389. The molecule has 0 aliphatic carbocycles. The van der Waals surface area contributed by atoms with E-state index in [1.54, 1.807) is 6.20 Å². The lowest BCUT2D eigenvalue weighted by atomic mass is 10.1. The summed E-state index contributed by atoms with van der Waals surface area (Å²) in [5.74, 6) is -0.755. The molecule has 150 valence electrons. The van der Waals surface area contributed by atoms with Crippen LogP contribution in [0.25, 0.3) is 0 Å². The lowest BCUT2D eigenvalue weighted by Gasteiger charge is -2.21. The van der Waals surface area contributed by atoms with Crippen LogP contribution in [-0.2, 0) is 23.9 Å². The molecule has 6 nitrogen and oxygen atoms in total. The van der Waals surface area contributed by atoms with Gasteiger partial charge in [0.2, 0.25) is 5.91 Å². The van der Waals surface area contributed by atoms with E-state index in [0.717, 1.165) is 23.7 Å². The molecule has 3 rings (SSSR count). The zero-order valence-electron chi connectivity index (χ0n) is 15.0.